The van der Waals surface area contributed by atoms with Gasteiger partial charge in [-0.15, -0.1) is 0 Å². The van der Waals surface area contributed by atoms with Crippen LogP contribution in [-0.2, 0) is 30.1 Å². The summed E-state index contributed by atoms with van der Waals surface area (Å²) in [5, 5.41) is 29.9. The molecule has 59 heavy (non-hydrogen) atoms. The predicted molar refractivity (Wildman–Crippen MR) is 231 cm³/mol. The smallest absolute Gasteiger partial charge is 0.303 e. The molecule has 1 aliphatic heterocycles. The number of carbonyl (C=O) groups is 1. The molecule has 1 aliphatic rings. The van der Waals surface area contributed by atoms with Crippen molar-refractivity contribution in [1.29, 1.82) is 0 Å². The van der Waals surface area contributed by atoms with Crippen molar-refractivity contribution in [2.24, 2.45) is 0 Å². The van der Waals surface area contributed by atoms with E-state index in [2.05, 4.69) is 83.4 Å². The van der Waals surface area contributed by atoms with Gasteiger partial charge in [-0.05, 0) is 46.2 Å². The number of carboxylic acid groups (broad SMARTS) is 1. The lowest BCUT2D eigenvalue weighted by atomic mass is 9.75. The summed E-state index contributed by atoms with van der Waals surface area (Å²) in [4.78, 5) is 11.2. The van der Waals surface area contributed by atoms with E-state index in [0.717, 1.165) is 33.4 Å². The number of hydrogen-bond acceptors (Lipinski definition) is 7. The third-order valence-corrected chi connectivity index (χ3v) is 11.4. The summed E-state index contributed by atoms with van der Waals surface area (Å²) in [6.45, 7) is 0.598. The molecule has 8 heteroatoms. The Morgan fingerprint density at radius 3 is 1.36 bits per heavy atom. The zero-order valence-electron chi connectivity index (χ0n) is 33.5. The van der Waals surface area contributed by atoms with Crippen molar-refractivity contribution in [3.05, 3.63) is 215 Å². The van der Waals surface area contributed by atoms with E-state index in [1.165, 1.54) is 0 Å². The molecule has 304 valence electrons. The SMILES string of the molecule is CO[C@H]1O[C@H](CNC(c2ccccc2)(c2ccccc2)c2ccccc2)[C@@H](OCCCCCC(=O)O)[C@H](O)[C@H]1NC(c1ccccc1)(c1ccccc1)c1ccccc1. The fourth-order valence-corrected chi connectivity index (χ4v) is 8.61. The van der Waals surface area contributed by atoms with Gasteiger partial charge in [-0.25, -0.2) is 0 Å². The normalized spacial score (nSPS) is 19.6. The summed E-state index contributed by atoms with van der Waals surface area (Å²) in [6, 6.07) is 61.0. The fraction of sp³-hybridized carbons (Fsp3) is 0.275. The van der Waals surface area contributed by atoms with Crippen molar-refractivity contribution in [3.63, 3.8) is 0 Å². The van der Waals surface area contributed by atoms with Crippen LogP contribution in [0.3, 0.4) is 0 Å². The number of aliphatic carboxylic acids is 1. The summed E-state index contributed by atoms with van der Waals surface area (Å²) in [7, 11) is 1.61. The van der Waals surface area contributed by atoms with Gasteiger partial charge in [-0.2, -0.15) is 0 Å². The van der Waals surface area contributed by atoms with Gasteiger partial charge in [0.05, 0.1) is 17.1 Å². The molecule has 0 bridgehead atoms. The highest BCUT2D eigenvalue weighted by molar-refractivity contribution is 5.66. The Morgan fingerprint density at radius 2 is 0.983 bits per heavy atom. The topological polar surface area (TPSA) is 109 Å². The highest BCUT2D eigenvalue weighted by atomic mass is 16.7. The number of carboxylic acids is 1. The van der Waals surface area contributed by atoms with Gasteiger partial charge in [0.25, 0.3) is 0 Å². The van der Waals surface area contributed by atoms with Gasteiger partial charge < -0.3 is 24.4 Å². The third-order valence-electron chi connectivity index (χ3n) is 11.4. The van der Waals surface area contributed by atoms with Gasteiger partial charge in [0, 0.05) is 26.7 Å². The maximum atomic E-state index is 12.8. The van der Waals surface area contributed by atoms with Crippen LogP contribution in [0, 0.1) is 0 Å². The molecule has 0 aromatic heterocycles. The summed E-state index contributed by atoms with van der Waals surface area (Å²) < 4.78 is 19.9. The number of aliphatic hydroxyl groups is 1. The van der Waals surface area contributed by atoms with E-state index in [-0.39, 0.29) is 13.0 Å². The molecule has 0 spiro atoms. The van der Waals surface area contributed by atoms with Gasteiger partial charge in [-0.3, -0.25) is 15.4 Å². The number of hydrogen-bond donors (Lipinski definition) is 4. The van der Waals surface area contributed by atoms with Crippen molar-refractivity contribution in [2.45, 2.75) is 67.4 Å². The van der Waals surface area contributed by atoms with E-state index in [4.69, 9.17) is 14.2 Å². The van der Waals surface area contributed by atoms with Gasteiger partial charge in [0.15, 0.2) is 6.29 Å². The van der Waals surface area contributed by atoms with Crippen LogP contribution < -0.4 is 10.6 Å². The minimum Gasteiger partial charge on any atom is -0.481 e. The number of unbranched alkanes of at least 4 members (excludes halogenated alkanes) is 2. The Morgan fingerprint density at radius 1 is 0.593 bits per heavy atom. The average Bonchev–Trinajstić information content (AvgIpc) is 3.30. The van der Waals surface area contributed by atoms with Crippen LogP contribution in [0.15, 0.2) is 182 Å². The first-order chi connectivity index (χ1) is 29.0. The lowest BCUT2D eigenvalue weighted by molar-refractivity contribution is -0.267. The number of ether oxygens (including phenoxy) is 3. The van der Waals surface area contributed by atoms with E-state index in [1.807, 2.05) is 109 Å². The molecule has 7 rings (SSSR count). The molecule has 1 fully saturated rings. The number of aliphatic hydroxyl groups excluding tert-OH is 1. The van der Waals surface area contributed by atoms with Crippen LogP contribution in [0.25, 0.3) is 0 Å². The maximum absolute atomic E-state index is 12.8. The minimum atomic E-state index is -1.10. The number of benzene rings is 6. The predicted octanol–water partition coefficient (Wildman–Crippen LogP) is 8.28. The Balaban J connectivity index is 1.28. The second-order valence-corrected chi connectivity index (χ2v) is 15.1. The second-order valence-electron chi connectivity index (χ2n) is 15.1. The average molecular weight is 791 g/mol. The third kappa shape index (κ3) is 9.24. The van der Waals surface area contributed by atoms with Crippen LogP contribution in [0.4, 0.5) is 0 Å². The summed E-state index contributed by atoms with van der Waals surface area (Å²) in [6.07, 6.45) is -1.49. The first-order valence-corrected chi connectivity index (χ1v) is 20.5. The van der Waals surface area contributed by atoms with Crippen molar-refractivity contribution >= 4 is 5.97 Å². The molecule has 8 nitrogen and oxygen atoms in total. The van der Waals surface area contributed by atoms with Crippen molar-refractivity contribution in [1.82, 2.24) is 10.6 Å². The van der Waals surface area contributed by atoms with Crippen LogP contribution in [0.2, 0.25) is 0 Å². The van der Waals surface area contributed by atoms with Crippen LogP contribution in [0.1, 0.15) is 59.1 Å². The summed E-state index contributed by atoms with van der Waals surface area (Å²) >= 11 is 0. The molecule has 4 N–H and O–H groups in total. The molecule has 6 aromatic carbocycles. The molecule has 0 amide bonds. The highest BCUT2D eigenvalue weighted by Crippen LogP contribution is 2.41. The molecule has 5 atom stereocenters. The standard InChI is InChI=1S/C51H54N2O6/c1-57-49-46(53-51(41-29-15-5-16-30-41,42-31-17-6-18-32-42)43-33-19-7-20-34-43)47(56)48(58-36-22-8-21-35-45(54)55)44(59-49)37-52-50(38-23-9-2-10-24-38,39-25-11-3-12-26-39)40-27-13-4-14-28-40/h2-7,9-20,23-34,44,46-49,52-53,56H,8,21-22,35-37H2,1H3,(H,54,55)/t44-,46-,47-,48-,49+/m1/s1. The Hall–Kier alpha value is -5.45. The molecule has 0 unspecified atom stereocenters. The Kier molecular flexibility index (Phi) is 14.1. The minimum absolute atomic E-state index is 0.101. The summed E-state index contributed by atoms with van der Waals surface area (Å²) in [5.41, 5.74) is 4.38. The highest BCUT2D eigenvalue weighted by Gasteiger charge is 2.51. The van der Waals surface area contributed by atoms with Crippen LogP contribution >= 0.6 is 0 Å². The van der Waals surface area contributed by atoms with Gasteiger partial charge >= 0.3 is 5.97 Å². The zero-order valence-corrected chi connectivity index (χ0v) is 33.5. The molecule has 0 saturated carbocycles. The summed E-state index contributed by atoms with van der Waals surface area (Å²) in [5.74, 6) is -0.815. The van der Waals surface area contributed by atoms with Crippen molar-refractivity contribution in [2.75, 3.05) is 20.3 Å². The molecule has 1 heterocycles. The zero-order chi connectivity index (χ0) is 40.9. The second kappa shape index (κ2) is 20.0. The first-order valence-electron chi connectivity index (χ1n) is 20.5. The van der Waals surface area contributed by atoms with Gasteiger partial charge in [-0.1, -0.05) is 188 Å². The molecular formula is C51H54N2O6. The molecular weight excluding hydrogens is 737 g/mol. The quantitative estimate of drug-likeness (QED) is 0.0480. The van der Waals surface area contributed by atoms with Crippen LogP contribution in [-0.4, -0.2) is 67.1 Å². The van der Waals surface area contributed by atoms with E-state index in [1.54, 1.807) is 7.11 Å². The fourth-order valence-electron chi connectivity index (χ4n) is 8.61. The monoisotopic (exact) mass is 790 g/mol. The molecule has 6 aromatic rings. The Bertz CT molecular complexity index is 1950. The van der Waals surface area contributed by atoms with Gasteiger partial charge in [0.1, 0.15) is 18.3 Å². The largest absolute Gasteiger partial charge is 0.481 e. The molecule has 0 aliphatic carbocycles. The number of rotatable bonds is 19. The Labute approximate surface area is 347 Å². The van der Waals surface area contributed by atoms with Crippen LogP contribution in [0.5, 0.6) is 0 Å². The van der Waals surface area contributed by atoms with Crippen molar-refractivity contribution in [3.8, 4) is 0 Å². The number of methoxy groups -OCH3 is 1. The van der Waals surface area contributed by atoms with E-state index in [9.17, 15) is 15.0 Å². The van der Waals surface area contributed by atoms with Crippen molar-refractivity contribution < 1.29 is 29.2 Å². The van der Waals surface area contributed by atoms with E-state index < -0.39 is 47.7 Å². The number of nitrogens with one attached hydrogen (secondary N) is 2. The first kappa shape index (κ1) is 41.7. The lowest BCUT2D eigenvalue weighted by Crippen LogP contribution is -2.68. The molecule has 1 saturated heterocycles. The lowest BCUT2D eigenvalue weighted by Gasteiger charge is -2.49. The van der Waals surface area contributed by atoms with Gasteiger partial charge in [0.2, 0.25) is 0 Å². The van der Waals surface area contributed by atoms with E-state index >= 15 is 0 Å². The maximum Gasteiger partial charge on any atom is 0.303 e. The molecule has 0 radical (unpaired) electrons. The van der Waals surface area contributed by atoms with E-state index in [0.29, 0.717) is 25.9 Å².